The van der Waals surface area contributed by atoms with Crippen molar-refractivity contribution in [2.24, 2.45) is 0 Å². The van der Waals surface area contributed by atoms with Gasteiger partial charge in [0.25, 0.3) is 0 Å². The monoisotopic (exact) mass is 393 g/mol. The van der Waals surface area contributed by atoms with Crippen molar-refractivity contribution >= 4 is 21.6 Å². The summed E-state index contributed by atoms with van der Waals surface area (Å²) in [6.07, 6.45) is 0. The van der Waals surface area contributed by atoms with E-state index in [1.807, 2.05) is 44.2 Å². The van der Waals surface area contributed by atoms with Crippen LogP contribution in [-0.4, -0.2) is 14.2 Å². The van der Waals surface area contributed by atoms with Crippen molar-refractivity contribution in [3.63, 3.8) is 0 Å². The summed E-state index contributed by atoms with van der Waals surface area (Å²) in [6.45, 7) is 3.69. The Morgan fingerprint density at radius 3 is 2.29 bits per heavy atom. The Labute approximate surface area is 164 Å². The Bertz CT molecular complexity index is 1150. The maximum Gasteiger partial charge on any atom is 0.339 e. The number of hydrogen-bond donors (Lipinski definition) is 1. The molecule has 1 aliphatic rings. The van der Waals surface area contributed by atoms with E-state index in [-0.39, 0.29) is 16.4 Å². The lowest BCUT2D eigenvalue weighted by atomic mass is 9.88. The van der Waals surface area contributed by atoms with Crippen molar-refractivity contribution < 1.29 is 17.4 Å². The molecule has 0 fully saturated rings. The fourth-order valence-electron chi connectivity index (χ4n) is 3.32. The molecule has 0 aliphatic carbocycles. The summed E-state index contributed by atoms with van der Waals surface area (Å²) >= 11 is 0. The van der Waals surface area contributed by atoms with Crippen LogP contribution in [0.3, 0.4) is 0 Å². The van der Waals surface area contributed by atoms with Gasteiger partial charge < -0.3 is 9.50 Å². The maximum absolute atomic E-state index is 13.1. The van der Waals surface area contributed by atoms with Crippen molar-refractivity contribution in [3.05, 3.63) is 89.5 Å². The van der Waals surface area contributed by atoms with Crippen LogP contribution in [0.2, 0.25) is 0 Å². The van der Waals surface area contributed by atoms with E-state index in [1.54, 1.807) is 24.3 Å². The summed E-state index contributed by atoms with van der Waals surface area (Å²) in [5.41, 5.74) is 1.94. The summed E-state index contributed by atoms with van der Waals surface area (Å²) in [4.78, 5) is 13.1. The number of rotatable bonds is 4. The molecule has 0 aromatic heterocycles. The second-order valence-corrected chi connectivity index (χ2v) is 8.55. The fourth-order valence-corrected chi connectivity index (χ4v) is 4.24. The van der Waals surface area contributed by atoms with Crippen LogP contribution in [0.5, 0.6) is 5.75 Å². The van der Waals surface area contributed by atoms with Crippen LogP contribution in [0.25, 0.3) is 0 Å². The lowest BCUT2D eigenvalue weighted by Gasteiger charge is -2.23. The summed E-state index contributed by atoms with van der Waals surface area (Å²) in [7, 11) is -3.98. The minimum atomic E-state index is -3.98. The van der Waals surface area contributed by atoms with E-state index in [1.165, 1.54) is 18.2 Å². The van der Waals surface area contributed by atoms with Gasteiger partial charge in [0, 0.05) is 11.3 Å². The van der Waals surface area contributed by atoms with Gasteiger partial charge in [-0.15, -0.1) is 0 Å². The van der Waals surface area contributed by atoms with Crippen molar-refractivity contribution in [2.75, 3.05) is 5.32 Å². The minimum Gasteiger partial charge on any atom is -0.379 e. The largest absolute Gasteiger partial charge is 0.379 e. The number of carbonyl (C=O) groups excluding carboxylic acids is 1. The molecule has 1 heterocycles. The molecule has 0 saturated carbocycles. The first-order valence-electron chi connectivity index (χ1n) is 8.83. The molecule has 28 heavy (non-hydrogen) atoms. The molecule has 142 valence electrons. The molecule has 5 nitrogen and oxygen atoms in total. The molecule has 0 saturated heterocycles. The van der Waals surface area contributed by atoms with Crippen LogP contribution in [0, 0.1) is 6.92 Å². The number of nitrogens with one attached hydrogen (secondary N) is 1. The highest BCUT2D eigenvalue weighted by Crippen LogP contribution is 2.40. The molecule has 6 heteroatoms. The predicted octanol–water partition coefficient (Wildman–Crippen LogP) is 4.29. The number of carbonyl (C=O) groups is 1. The Morgan fingerprint density at radius 2 is 1.61 bits per heavy atom. The Kier molecular flexibility index (Phi) is 4.23. The van der Waals surface area contributed by atoms with Crippen molar-refractivity contribution in [2.45, 2.75) is 24.3 Å². The molecule has 0 spiro atoms. The normalized spacial score (nSPS) is 18.4. The highest BCUT2D eigenvalue weighted by Gasteiger charge is 2.42. The first kappa shape index (κ1) is 18.3. The molecule has 4 rings (SSSR count). The van der Waals surface area contributed by atoms with Crippen molar-refractivity contribution in [1.82, 2.24) is 0 Å². The highest BCUT2D eigenvalue weighted by atomic mass is 32.2. The molecule has 1 atom stereocenters. The van der Waals surface area contributed by atoms with Gasteiger partial charge >= 0.3 is 10.1 Å². The summed E-state index contributed by atoms with van der Waals surface area (Å²) < 4.78 is 30.3. The molecule has 0 radical (unpaired) electrons. The van der Waals surface area contributed by atoms with Crippen LogP contribution in [0.1, 0.15) is 28.4 Å². The lowest BCUT2D eigenvalue weighted by Crippen LogP contribution is -2.34. The standard InChI is InChI=1S/C22H19NO4S/c1-15-8-11-18(12-9-15)28(25,26)27-17-10-13-20-19(14-17)21(24)22(2,23-20)16-6-4-3-5-7-16/h3-14,23H,1-2H3. The van der Waals surface area contributed by atoms with Crippen LogP contribution in [0.4, 0.5) is 5.69 Å². The van der Waals surface area contributed by atoms with Gasteiger partial charge in [0.2, 0.25) is 0 Å². The fraction of sp³-hybridized carbons (Fsp3) is 0.136. The van der Waals surface area contributed by atoms with Crippen LogP contribution >= 0.6 is 0 Å². The quantitative estimate of drug-likeness (QED) is 0.670. The number of ketones is 1. The molecular weight excluding hydrogens is 374 g/mol. The zero-order valence-electron chi connectivity index (χ0n) is 15.5. The minimum absolute atomic E-state index is 0.0668. The van der Waals surface area contributed by atoms with Gasteiger partial charge in [-0.05, 0) is 49.7 Å². The number of hydrogen-bond acceptors (Lipinski definition) is 5. The molecule has 1 unspecified atom stereocenters. The summed E-state index contributed by atoms with van der Waals surface area (Å²) in [6, 6.07) is 20.5. The van der Waals surface area contributed by atoms with Gasteiger partial charge in [0.15, 0.2) is 5.78 Å². The van der Waals surface area contributed by atoms with Gasteiger partial charge in [0.1, 0.15) is 16.2 Å². The third kappa shape index (κ3) is 3.05. The van der Waals surface area contributed by atoms with Crippen LogP contribution in [-0.2, 0) is 15.7 Å². The maximum atomic E-state index is 13.1. The summed E-state index contributed by atoms with van der Waals surface area (Å²) in [5, 5.41) is 3.25. The molecule has 1 N–H and O–H groups in total. The Balaban J connectivity index is 1.65. The Morgan fingerprint density at radius 1 is 0.929 bits per heavy atom. The van der Waals surface area contributed by atoms with Gasteiger partial charge in [-0.3, -0.25) is 4.79 Å². The first-order valence-corrected chi connectivity index (χ1v) is 10.2. The predicted molar refractivity (Wildman–Crippen MR) is 107 cm³/mol. The molecule has 1 aliphatic heterocycles. The van der Waals surface area contributed by atoms with E-state index in [0.717, 1.165) is 11.1 Å². The number of Topliss-reactive ketones (excluding diaryl/α,β-unsaturated/α-hetero) is 1. The third-order valence-electron chi connectivity index (χ3n) is 4.94. The van der Waals surface area contributed by atoms with E-state index in [4.69, 9.17) is 4.18 Å². The second-order valence-electron chi connectivity index (χ2n) is 7.00. The average molecular weight is 393 g/mol. The van der Waals surface area contributed by atoms with E-state index >= 15 is 0 Å². The number of aryl methyl sites for hydroxylation is 1. The summed E-state index contributed by atoms with van der Waals surface area (Å²) in [5.74, 6) is -0.0290. The van der Waals surface area contributed by atoms with Crippen molar-refractivity contribution in [1.29, 1.82) is 0 Å². The second kappa shape index (κ2) is 6.49. The Hall–Kier alpha value is -3.12. The van der Waals surface area contributed by atoms with E-state index in [0.29, 0.717) is 11.3 Å². The SMILES string of the molecule is Cc1ccc(S(=O)(=O)Oc2ccc3c(c2)C(=O)C(C)(c2ccccc2)N3)cc1. The van der Waals surface area contributed by atoms with Crippen molar-refractivity contribution in [3.8, 4) is 5.75 Å². The van der Waals surface area contributed by atoms with E-state index < -0.39 is 15.7 Å². The topological polar surface area (TPSA) is 72.5 Å². The molecule has 3 aromatic carbocycles. The van der Waals surface area contributed by atoms with E-state index in [2.05, 4.69) is 5.32 Å². The first-order chi connectivity index (χ1) is 13.3. The van der Waals surface area contributed by atoms with Crippen LogP contribution < -0.4 is 9.50 Å². The number of anilines is 1. The third-order valence-corrected chi connectivity index (χ3v) is 6.20. The number of fused-ring (bicyclic) bond motifs is 1. The molecule has 0 amide bonds. The lowest BCUT2D eigenvalue weighted by molar-refractivity contribution is 0.0928. The molecule has 3 aromatic rings. The van der Waals surface area contributed by atoms with Gasteiger partial charge in [0.05, 0.1) is 0 Å². The average Bonchev–Trinajstić information content (AvgIpc) is 2.94. The van der Waals surface area contributed by atoms with Crippen LogP contribution in [0.15, 0.2) is 77.7 Å². The van der Waals surface area contributed by atoms with Gasteiger partial charge in [-0.25, -0.2) is 0 Å². The van der Waals surface area contributed by atoms with E-state index in [9.17, 15) is 13.2 Å². The number of benzene rings is 3. The zero-order valence-corrected chi connectivity index (χ0v) is 16.3. The van der Waals surface area contributed by atoms with Gasteiger partial charge in [-0.1, -0.05) is 48.0 Å². The molecule has 0 bridgehead atoms. The molecular formula is C22H19NO4S. The van der Waals surface area contributed by atoms with Gasteiger partial charge in [-0.2, -0.15) is 8.42 Å². The highest BCUT2D eigenvalue weighted by molar-refractivity contribution is 7.87. The zero-order chi connectivity index (χ0) is 19.9. The smallest absolute Gasteiger partial charge is 0.339 e.